The van der Waals surface area contributed by atoms with Crippen LogP contribution in [-0.4, -0.2) is 25.5 Å². The van der Waals surface area contributed by atoms with Gasteiger partial charge in [-0.2, -0.15) is 0 Å². The molecule has 0 atom stereocenters. The van der Waals surface area contributed by atoms with Crippen LogP contribution in [0.5, 0.6) is 11.5 Å². The molecule has 0 heterocycles. The Kier molecular flexibility index (Phi) is 5.91. The standard InChI is InChI=1S/C22H20N2O4/c1-27-20-13-17(9-12-19(20)28-14-21(23)25)22(26)24-18-10-7-16(8-11-18)15-5-3-2-4-6-15/h2-13H,14H2,1H3,(H2,23,25)(H,24,26). The Morgan fingerprint density at radius 3 is 2.21 bits per heavy atom. The topological polar surface area (TPSA) is 90.7 Å². The number of carbonyl (C=O) groups excluding carboxylic acids is 2. The van der Waals surface area contributed by atoms with Gasteiger partial charge in [-0.25, -0.2) is 0 Å². The van der Waals surface area contributed by atoms with Crippen LogP contribution in [0.3, 0.4) is 0 Å². The van der Waals surface area contributed by atoms with Crippen molar-refractivity contribution in [2.75, 3.05) is 19.0 Å². The number of amides is 2. The fourth-order valence-electron chi connectivity index (χ4n) is 2.66. The molecule has 0 radical (unpaired) electrons. The quantitative estimate of drug-likeness (QED) is 0.660. The summed E-state index contributed by atoms with van der Waals surface area (Å²) in [5.41, 5.74) is 8.33. The summed E-state index contributed by atoms with van der Waals surface area (Å²) < 4.78 is 10.5. The van der Waals surface area contributed by atoms with Crippen molar-refractivity contribution in [2.45, 2.75) is 0 Å². The molecule has 0 saturated carbocycles. The van der Waals surface area contributed by atoms with Crippen molar-refractivity contribution < 1.29 is 19.1 Å². The first-order chi connectivity index (χ1) is 13.6. The van der Waals surface area contributed by atoms with Gasteiger partial charge in [0.2, 0.25) is 0 Å². The highest BCUT2D eigenvalue weighted by atomic mass is 16.5. The van der Waals surface area contributed by atoms with Crippen molar-refractivity contribution in [3.05, 3.63) is 78.4 Å². The van der Waals surface area contributed by atoms with E-state index in [0.29, 0.717) is 22.7 Å². The van der Waals surface area contributed by atoms with E-state index in [9.17, 15) is 9.59 Å². The molecular weight excluding hydrogens is 356 g/mol. The van der Waals surface area contributed by atoms with Gasteiger partial charge >= 0.3 is 0 Å². The zero-order chi connectivity index (χ0) is 19.9. The summed E-state index contributed by atoms with van der Waals surface area (Å²) in [4.78, 5) is 23.4. The van der Waals surface area contributed by atoms with Crippen LogP contribution in [0.2, 0.25) is 0 Å². The predicted molar refractivity (Wildman–Crippen MR) is 108 cm³/mol. The highest BCUT2D eigenvalue weighted by molar-refractivity contribution is 6.04. The molecule has 0 saturated heterocycles. The lowest BCUT2D eigenvalue weighted by molar-refractivity contribution is -0.119. The summed E-state index contributed by atoms with van der Waals surface area (Å²) in [7, 11) is 1.45. The molecule has 0 unspecified atom stereocenters. The van der Waals surface area contributed by atoms with Crippen molar-refractivity contribution in [2.24, 2.45) is 5.73 Å². The first-order valence-corrected chi connectivity index (χ1v) is 8.63. The molecule has 0 aliphatic carbocycles. The second-order valence-electron chi connectivity index (χ2n) is 6.02. The first-order valence-electron chi connectivity index (χ1n) is 8.63. The van der Waals surface area contributed by atoms with Crippen molar-refractivity contribution in [3.8, 4) is 22.6 Å². The highest BCUT2D eigenvalue weighted by Gasteiger charge is 2.12. The Hall–Kier alpha value is -3.80. The monoisotopic (exact) mass is 376 g/mol. The summed E-state index contributed by atoms with van der Waals surface area (Å²) in [5.74, 6) is -0.201. The number of methoxy groups -OCH3 is 1. The van der Waals surface area contributed by atoms with Gasteiger partial charge < -0.3 is 20.5 Å². The molecule has 3 rings (SSSR count). The van der Waals surface area contributed by atoms with Crippen LogP contribution in [0.15, 0.2) is 72.8 Å². The molecule has 0 aliphatic rings. The normalized spacial score (nSPS) is 10.2. The second-order valence-corrected chi connectivity index (χ2v) is 6.02. The number of benzene rings is 3. The number of rotatable bonds is 7. The largest absolute Gasteiger partial charge is 0.493 e. The number of carbonyl (C=O) groups is 2. The fourth-order valence-corrected chi connectivity index (χ4v) is 2.66. The Labute approximate surface area is 162 Å². The summed E-state index contributed by atoms with van der Waals surface area (Å²) in [6, 6.07) is 22.3. The van der Waals surface area contributed by atoms with E-state index in [0.717, 1.165) is 11.1 Å². The maximum Gasteiger partial charge on any atom is 0.255 e. The highest BCUT2D eigenvalue weighted by Crippen LogP contribution is 2.28. The minimum atomic E-state index is -0.595. The minimum absolute atomic E-state index is 0.268. The molecule has 0 spiro atoms. The van der Waals surface area contributed by atoms with Crippen molar-refractivity contribution in [3.63, 3.8) is 0 Å². The van der Waals surface area contributed by atoms with E-state index in [1.165, 1.54) is 7.11 Å². The molecule has 3 aromatic carbocycles. The van der Waals surface area contributed by atoms with Gasteiger partial charge in [0, 0.05) is 11.3 Å². The third kappa shape index (κ3) is 4.67. The molecule has 28 heavy (non-hydrogen) atoms. The summed E-state index contributed by atoms with van der Waals surface area (Å²) in [6.07, 6.45) is 0. The third-order valence-corrected chi connectivity index (χ3v) is 4.05. The van der Waals surface area contributed by atoms with Gasteiger partial charge in [-0.1, -0.05) is 42.5 Å². The van der Waals surface area contributed by atoms with Gasteiger partial charge in [0.25, 0.3) is 11.8 Å². The van der Waals surface area contributed by atoms with Gasteiger partial charge in [-0.15, -0.1) is 0 Å². The molecule has 0 aromatic heterocycles. The average molecular weight is 376 g/mol. The van der Waals surface area contributed by atoms with Crippen LogP contribution in [0.4, 0.5) is 5.69 Å². The van der Waals surface area contributed by atoms with E-state index >= 15 is 0 Å². The Bertz CT molecular complexity index is 970. The fraction of sp³-hybridized carbons (Fsp3) is 0.0909. The number of nitrogens with one attached hydrogen (secondary N) is 1. The summed E-state index contributed by atoms with van der Waals surface area (Å²) in [6.45, 7) is -0.268. The molecule has 6 heteroatoms. The van der Waals surface area contributed by atoms with E-state index in [4.69, 9.17) is 15.2 Å². The first kappa shape index (κ1) is 19.0. The molecule has 0 aliphatic heterocycles. The van der Waals surface area contributed by atoms with E-state index in [2.05, 4.69) is 5.32 Å². The Morgan fingerprint density at radius 1 is 0.893 bits per heavy atom. The van der Waals surface area contributed by atoms with Crippen LogP contribution >= 0.6 is 0 Å². The number of nitrogens with two attached hydrogens (primary N) is 1. The van der Waals surface area contributed by atoms with E-state index < -0.39 is 5.91 Å². The molecule has 0 fully saturated rings. The van der Waals surface area contributed by atoms with Gasteiger partial charge in [0.05, 0.1) is 7.11 Å². The smallest absolute Gasteiger partial charge is 0.255 e. The molecule has 3 aromatic rings. The van der Waals surface area contributed by atoms with E-state index in [-0.39, 0.29) is 12.5 Å². The van der Waals surface area contributed by atoms with E-state index in [1.807, 2.05) is 54.6 Å². The van der Waals surface area contributed by atoms with Crippen molar-refractivity contribution in [1.29, 1.82) is 0 Å². The third-order valence-electron chi connectivity index (χ3n) is 4.05. The van der Waals surface area contributed by atoms with Gasteiger partial charge in [-0.05, 0) is 41.5 Å². The lowest BCUT2D eigenvalue weighted by Crippen LogP contribution is -2.20. The lowest BCUT2D eigenvalue weighted by atomic mass is 10.1. The number of anilines is 1. The molecule has 2 amide bonds. The summed E-state index contributed by atoms with van der Waals surface area (Å²) in [5, 5.41) is 2.85. The lowest BCUT2D eigenvalue weighted by Gasteiger charge is -2.12. The second kappa shape index (κ2) is 8.73. The van der Waals surface area contributed by atoms with Crippen LogP contribution in [0.1, 0.15) is 10.4 Å². The zero-order valence-electron chi connectivity index (χ0n) is 15.3. The van der Waals surface area contributed by atoms with Gasteiger partial charge in [0.1, 0.15) is 0 Å². The molecule has 6 nitrogen and oxygen atoms in total. The SMILES string of the molecule is COc1cc(C(=O)Nc2ccc(-c3ccccc3)cc2)ccc1OCC(N)=O. The van der Waals surface area contributed by atoms with E-state index in [1.54, 1.807) is 18.2 Å². The zero-order valence-corrected chi connectivity index (χ0v) is 15.3. The minimum Gasteiger partial charge on any atom is -0.493 e. The van der Waals surface area contributed by atoms with Gasteiger partial charge in [0.15, 0.2) is 18.1 Å². The predicted octanol–water partition coefficient (Wildman–Crippen LogP) is 3.48. The molecule has 142 valence electrons. The number of primary amides is 1. The molecular formula is C22H20N2O4. The van der Waals surface area contributed by atoms with Crippen LogP contribution in [0.25, 0.3) is 11.1 Å². The number of hydrogen-bond acceptors (Lipinski definition) is 4. The van der Waals surface area contributed by atoms with Crippen molar-refractivity contribution >= 4 is 17.5 Å². The van der Waals surface area contributed by atoms with Crippen LogP contribution in [0, 0.1) is 0 Å². The van der Waals surface area contributed by atoms with Gasteiger partial charge in [-0.3, -0.25) is 9.59 Å². The maximum absolute atomic E-state index is 12.5. The summed E-state index contributed by atoms with van der Waals surface area (Å²) >= 11 is 0. The number of hydrogen-bond donors (Lipinski definition) is 2. The molecule has 3 N–H and O–H groups in total. The molecule has 0 bridgehead atoms. The van der Waals surface area contributed by atoms with Crippen LogP contribution in [-0.2, 0) is 4.79 Å². The van der Waals surface area contributed by atoms with Crippen molar-refractivity contribution in [1.82, 2.24) is 0 Å². The Balaban J connectivity index is 1.71. The number of ether oxygens (including phenoxy) is 2. The average Bonchev–Trinajstić information content (AvgIpc) is 2.73. The maximum atomic E-state index is 12.5. The van der Waals surface area contributed by atoms with Crippen LogP contribution < -0.4 is 20.5 Å². The Morgan fingerprint density at radius 2 is 1.57 bits per heavy atom.